The second kappa shape index (κ2) is 12.1. The highest BCUT2D eigenvalue weighted by Crippen LogP contribution is 2.28. The van der Waals surface area contributed by atoms with E-state index in [2.05, 4.69) is 23.3 Å². The molecule has 8 heteroatoms. The fraction of sp³-hybridized carbons (Fsp3) is 0.444. The van der Waals surface area contributed by atoms with Gasteiger partial charge in [0.25, 0.3) is 5.91 Å². The van der Waals surface area contributed by atoms with E-state index in [-0.39, 0.29) is 17.7 Å². The van der Waals surface area contributed by atoms with Crippen LogP contribution in [0.1, 0.15) is 57.4 Å². The number of aryl methyl sites for hydroxylation is 2. The molecule has 7 nitrogen and oxygen atoms in total. The zero-order chi connectivity index (χ0) is 26.3. The third-order valence-corrected chi connectivity index (χ3v) is 5.63. The van der Waals surface area contributed by atoms with Crippen LogP contribution in [0.2, 0.25) is 0 Å². The van der Waals surface area contributed by atoms with Crippen molar-refractivity contribution in [3.05, 3.63) is 65.2 Å². The first-order valence-electron chi connectivity index (χ1n) is 11.7. The van der Waals surface area contributed by atoms with Gasteiger partial charge in [0.05, 0.1) is 0 Å². The van der Waals surface area contributed by atoms with Crippen molar-refractivity contribution in [1.29, 1.82) is 0 Å². The van der Waals surface area contributed by atoms with Crippen molar-refractivity contribution in [2.75, 3.05) is 11.1 Å². The predicted octanol–water partition coefficient (Wildman–Crippen LogP) is 5.04. The van der Waals surface area contributed by atoms with Crippen LogP contribution in [0.4, 0.5) is 10.5 Å². The number of ether oxygens (including phenoxy) is 1. The van der Waals surface area contributed by atoms with Crippen LogP contribution in [0.5, 0.6) is 0 Å². The van der Waals surface area contributed by atoms with Gasteiger partial charge in [0, 0.05) is 17.5 Å². The molecule has 2 N–H and O–H groups in total. The summed E-state index contributed by atoms with van der Waals surface area (Å²) in [5.74, 6) is -0.726. The Hall–Kier alpha value is -3.00. The highest BCUT2D eigenvalue weighted by atomic mass is 32.1. The van der Waals surface area contributed by atoms with E-state index >= 15 is 0 Å². The first-order valence-corrected chi connectivity index (χ1v) is 12.3. The Balaban J connectivity index is 2.46. The molecule has 0 saturated heterocycles. The molecule has 2 atom stereocenters. The molecule has 0 aromatic heterocycles. The molecule has 0 saturated carbocycles. The van der Waals surface area contributed by atoms with E-state index in [1.807, 2.05) is 76.2 Å². The number of para-hydroxylation sites is 1. The standard InChI is InChI=1S/C27H37N3O4S/c1-17(2)30(25(32)22(16-35)29-26(33)34-27(5,6)7)23(20-13-10-11-18(3)15-20)24(31)28-21-14-9-8-12-19(21)4/h8-15,17,22-23,35H,16H2,1-7H3,(H,28,31)(H,29,33). The van der Waals surface area contributed by atoms with E-state index < -0.39 is 29.7 Å². The van der Waals surface area contributed by atoms with Crippen molar-refractivity contribution in [3.63, 3.8) is 0 Å². The summed E-state index contributed by atoms with van der Waals surface area (Å²) in [5, 5.41) is 5.60. The zero-order valence-electron chi connectivity index (χ0n) is 21.6. The summed E-state index contributed by atoms with van der Waals surface area (Å²) in [6.07, 6.45) is -0.718. The lowest BCUT2D eigenvalue weighted by molar-refractivity contribution is -0.142. The van der Waals surface area contributed by atoms with E-state index in [0.717, 1.165) is 11.1 Å². The smallest absolute Gasteiger partial charge is 0.408 e. The number of carbonyl (C=O) groups is 3. The maximum atomic E-state index is 13.8. The summed E-state index contributed by atoms with van der Waals surface area (Å²) >= 11 is 4.30. The summed E-state index contributed by atoms with van der Waals surface area (Å²) in [6.45, 7) is 12.7. The molecule has 190 valence electrons. The summed E-state index contributed by atoms with van der Waals surface area (Å²) in [5.41, 5.74) is 2.50. The molecule has 2 aromatic carbocycles. The summed E-state index contributed by atoms with van der Waals surface area (Å²) in [4.78, 5) is 41.4. The first-order chi connectivity index (χ1) is 16.3. The molecular formula is C27H37N3O4S. The van der Waals surface area contributed by atoms with Gasteiger partial charge >= 0.3 is 6.09 Å². The number of alkyl carbamates (subject to hydrolysis) is 1. The van der Waals surface area contributed by atoms with Gasteiger partial charge in [-0.1, -0.05) is 48.0 Å². The zero-order valence-corrected chi connectivity index (χ0v) is 22.5. The Morgan fingerprint density at radius 1 is 1.03 bits per heavy atom. The highest BCUT2D eigenvalue weighted by molar-refractivity contribution is 7.80. The number of anilines is 1. The Labute approximate surface area is 214 Å². The van der Waals surface area contributed by atoms with Crippen molar-refractivity contribution in [1.82, 2.24) is 10.2 Å². The lowest BCUT2D eigenvalue weighted by Crippen LogP contribution is -2.55. The van der Waals surface area contributed by atoms with Gasteiger partial charge < -0.3 is 20.3 Å². The average Bonchev–Trinajstić information content (AvgIpc) is 2.75. The third-order valence-electron chi connectivity index (χ3n) is 5.27. The van der Waals surface area contributed by atoms with Crippen molar-refractivity contribution >= 4 is 36.2 Å². The van der Waals surface area contributed by atoms with E-state index in [1.54, 1.807) is 20.8 Å². The van der Waals surface area contributed by atoms with Gasteiger partial charge in [-0.25, -0.2) is 4.79 Å². The fourth-order valence-electron chi connectivity index (χ4n) is 3.69. The van der Waals surface area contributed by atoms with E-state index in [9.17, 15) is 14.4 Å². The van der Waals surface area contributed by atoms with Gasteiger partial charge in [-0.3, -0.25) is 9.59 Å². The molecule has 2 aromatic rings. The Morgan fingerprint density at radius 2 is 1.69 bits per heavy atom. The van der Waals surface area contributed by atoms with Crippen LogP contribution >= 0.6 is 12.6 Å². The third kappa shape index (κ3) is 8.02. The number of benzene rings is 2. The molecule has 0 aliphatic carbocycles. The van der Waals surface area contributed by atoms with Crippen molar-refractivity contribution in [3.8, 4) is 0 Å². The van der Waals surface area contributed by atoms with Gasteiger partial charge in [0.2, 0.25) is 5.91 Å². The summed E-state index contributed by atoms with van der Waals surface area (Å²) in [7, 11) is 0. The SMILES string of the molecule is Cc1cccc(C(C(=O)Nc2ccccc2C)N(C(=O)C(CS)NC(=O)OC(C)(C)C)C(C)C)c1. The quantitative estimate of drug-likeness (QED) is 0.444. The lowest BCUT2D eigenvalue weighted by Gasteiger charge is -2.37. The molecule has 0 heterocycles. The molecule has 0 radical (unpaired) electrons. The minimum atomic E-state index is -0.978. The molecule has 35 heavy (non-hydrogen) atoms. The molecular weight excluding hydrogens is 462 g/mol. The van der Waals surface area contributed by atoms with E-state index in [4.69, 9.17) is 4.74 Å². The van der Waals surface area contributed by atoms with Crippen LogP contribution in [0.25, 0.3) is 0 Å². The maximum Gasteiger partial charge on any atom is 0.408 e. The van der Waals surface area contributed by atoms with Gasteiger partial charge in [-0.05, 0) is 65.7 Å². The number of hydrogen-bond acceptors (Lipinski definition) is 5. The molecule has 0 bridgehead atoms. The number of nitrogens with zero attached hydrogens (tertiary/aromatic N) is 1. The fourth-order valence-corrected chi connectivity index (χ4v) is 3.94. The number of nitrogens with one attached hydrogen (secondary N) is 2. The molecule has 3 amide bonds. The summed E-state index contributed by atoms with van der Waals surface area (Å²) in [6, 6.07) is 12.7. The Kier molecular flexibility index (Phi) is 9.77. The van der Waals surface area contributed by atoms with Crippen LogP contribution in [0, 0.1) is 13.8 Å². The summed E-state index contributed by atoms with van der Waals surface area (Å²) < 4.78 is 5.33. The van der Waals surface area contributed by atoms with Gasteiger partial charge in [0.1, 0.15) is 17.7 Å². The number of amides is 3. The van der Waals surface area contributed by atoms with Crippen LogP contribution in [-0.4, -0.2) is 46.2 Å². The predicted molar refractivity (Wildman–Crippen MR) is 143 cm³/mol. The molecule has 0 spiro atoms. The average molecular weight is 500 g/mol. The van der Waals surface area contributed by atoms with Gasteiger partial charge in [0.15, 0.2) is 0 Å². The van der Waals surface area contributed by atoms with Crippen molar-refractivity contribution in [2.24, 2.45) is 0 Å². The van der Waals surface area contributed by atoms with E-state index in [1.165, 1.54) is 4.90 Å². The second-order valence-electron chi connectivity index (χ2n) is 9.84. The Bertz CT molecular complexity index is 1050. The lowest BCUT2D eigenvalue weighted by atomic mass is 9.99. The van der Waals surface area contributed by atoms with Crippen molar-refractivity contribution in [2.45, 2.75) is 72.2 Å². The monoisotopic (exact) mass is 499 g/mol. The topological polar surface area (TPSA) is 87.7 Å². The van der Waals surface area contributed by atoms with Crippen LogP contribution in [-0.2, 0) is 14.3 Å². The second-order valence-corrected chi connectivity index (χ2v) is 10.2. The van der Waals surface area contributed by atoms with Crippen LogP contribution < -0.4 is 10.6 Å². The van der Waals surface area contributed by atoms with Crippen molar-refractivity contribution < 1.29 is 19.1 Å². The minimum absolute atomic E-state index is 0.0429. The number of thiol groups is 1. The molecule has 0 fully saturated rings. The molecule has 2 rings (SSSR count). The Morgan fingerprint density at radius 3 is 2.23 bits per heavy atom. The van der Waals surface area contributed by atoms with Gasteiger partial charge in [-0.15, -0.1) is 0 Å². The van der Waals surface area contributed by atoms with Gasteiger partial charge in [-0.2, -0.15) is 12.6 Å². The number of hydrogen-bond donors (Lipinski definition) is 3. The molecule has 0 aliphatic heterocycles. The molecule has 0 aliphatic rings. The normalized spacial score (nSPS) is 13.1. The minimum Gasteiger partial charge on any atom is -0.444 e. The maximum absolute atomic E-state index is 13.8. The number of rotatable bonds is 8. The van der Waals surface area contributed by atoms with E-state index in [0.29, 0.717) is 11.3 Å². The van der Waals surface area contributed by atoms with Crippen LogP contribution in [0.3, 0.4) is 0 Å². The van der Waals surface area contributed by atoms with Crippen LogP contribution in [0.15, 0.2) is 48.5 Å². The number of carbonyl (C=O) groups excluding carboxylic acids is 3. The highest BCUT2D eigenvalue weighted by Gasteiger charge is 2.37. The molecule has 2 unspecified atom stereocenters. The largest absolute Gasteiger partial charge is 0.444 e. The first kappa shape index (κ1) is 28.2.